The molecule has 0 saturated heterocycles. The van der Waals surface area contributed by atoms with E-state index in [2.05, 4.69) is 15.9 Å². The van der Waals surface area contributed by atoms with Gasteiger partial charge in [0.1, 0.15) is 16.2 Å². The van der Waals surface area contributed by atoms with Crippen molar-refractivity contribution in [2.45, 2.75) is 13.5 Å². The van der Waals surface area contributed by atoms with Crippen LogP contribution in [0.5, 0.6) is 0 Å². The quantitative estimate of drug-likeness (QED) is 0.709. The number of likely N-dealkylation sites (N-methyl/N-ethyl adjacent to an activating group) is 1. The Morgan fingerprint density at radius 2 is 1.94 bits per heavy atom. The maximum atomic E-state index is 11.9. The average Bonchev–Trinajstić information content (AvgIpc) is 2.69. The summed E-state index contributed by atoms with van der Waals surface area (Å²) >= 11 is 3.02. The zero-order valence-electron chi connectivity index (χ0n) is 10.9. The second-order valence-corrected chi connectivity index (χ2v) is 7.64. The van der Waals surface area contributed by atoms with Gasteiger partial charge in [-0.3, -0.25) is 0 Å². The molecule has 0 aliphatic rings. The van der Waals surface area contributed by atoms with E-state index in [9.17, 15) is 8.42 Å². The molecule has 0 atom stereocenters. The first kappa shape index (κ1) is 15.7. The van der Waals surface area contributed by atoms with Crippen molar-refractivity contribution in [3.63, 3.8) is 0 Å². The molecule has 0 saturated carbocycles. The third kappa shape index (κ3) is 4.72. The molecule has 1 aromatic rings. The Bertz CT molecular complexity index is 470. The average molecular weight is 339 g/mol. The Hall–Kier alpha value is -0.370. The molecule has 0 aromatic carbocycles. The first-order chi connectivity index (χ1) is 8.35. The fourth-order valence-corrected chi connectivity index (χ4v) is 3.13. The van der Waals surface area contributed by atoms with Gasteiger partial charge >= 0.3 is 0 Å². The summed E-state index contributed by atoms with van der Waals surface area (Å²) in [7, 11) is 0.544. The lowest BCUT2D eigenvalue weighted by Crippen LogP contribution is -2.36. The third-order valence-electron chi connectivity index (χ3n) is 2.46. The molecule has 0 aliphatic heterocycles. The van der Waals surface area contributed by atoms with Crippen molar-refractivity contribution >= 4 is 26.0 Å². The number of furan rings is 1. The molecule has 0 unspecified atom stereocenters. The largest absolute Gasteiger partial charge is 0.465 e. The summed E-state index contributed by atoms with van der Waals surface area (Å²) in [5.41, 5.74) is 0. The van der Waals surface area contributed by atoms with Gasteiger partial charge in [0.15, 0.2) is 0 Å². The van der Waals surface area contributed by atoms with Crippen LogP contribution in [0.4, 0.5) is 0 Å². The lowest BCUT2D eigenvalue weighted by atomic mass is 10.4. The number of nitrogens with zero attached hydrogens (tertiary/aromatic N) is 2. The van der Waals surface area contributed by atoms with Crippen molar-refractivity contribution in [2.24, 2.45) is 0 Å². The maximum absolute atomic E-state index is 11.9. The SMILES string of the molecule is Cc1ccc(CN(CCN(C)C)S(=O)(=O)CBr)o1. The van der Waals surface area contributed by atoms with Crippen molar-refractivity contribution in [1.29, 1.82) is 0 Å². The minimum Gasteiger partial charge on any atom is -0.465 e. The number of hydrogen-bond acceptors (Lipinski definition) is 4. The van der Waals surface area contributed by atoms with Crippen LogP contribution in [0.1, 0.15) is 11.5 Å². The molecule has 0 aliphatic carbocycles. The predicted octanol–water partition coefficient (Wildman–Crippen LogP) is 1.63. The van der Waals surface area contributed by atoms with Gasteiger partial charge in [-0.2, -0.15) is 4.31 Å². The molecule has 0 N–H and O–H groups in total. The molecule has 0 bridgehead atoms. The summed E-state index contributed by atoms with van der Waals surface area (Å²) in [6, 6.07) is 3.64. The van der Waals surface area contributed by atoms with Gasteiger partial charge < -0.3 is 9.32 Å². The summed E-state index contributed by atoms with van der Waals surface area (Å²) in [6.07, 6.45) is 0. The van der Waals surface area contributed by atoms with Crippen molar-refractivity contribution in [2.75, 3.05) is 31.8 Å². The fraction of sp³-hybridized carbons (Fsp3) is 0.636. The lowest BCUT2D eigenvalue weighted by molar-refractivity contribution is 0.311. The number of halogens is 1. The summed E-state index contributed by atoms with van der Waals surface area (Å²) < 4.78 is 30.7. The number of sulfonamides is 1. The molecule has 104 valence electrons. The Balaban J connectivity index is 2.77. The highest BCUT2D eigenvalue weighted by Crippen LogP contribution is 2.14. The summed E-state index contributed by atoms with van der Waals surface area (Å²) in [4.78, 5) is 1.95. The van der Waals surface area contributed by atoms with Crippen LogP contribution >= 0.6 is 15.9 Å². The molecular weight excluding hydrogens is 320 g/mol. The van der Waals surface area contributed by atoms with E-state index >= 15 is 0 Å². The van der Waals surface area contributed by atoms with Gasteiger partial charge in [-0.15, -0.1) is 0 Å². The molecular formula is C11H19BrN2O3S. The molecule has 0 amide bonds. The molecule has 1 heterocycles. The number of alkyl halides is 1. The topological polar surface area (TPSA) is 53.8 Å². The van der Waals surface area contributed by atoms with Crippen LogP contribution in [0.15, 0.2) is 16.5 Å². The van der Waals surface area contributed by atoms with E-state index in [1.165, 1.54) is 4.31 Å². The Morgan fingerprint density at radius 1 is 1.28 bits per heavy atom. The molecule has 0 fully saturated rings. The second kappa shape index (κ2) is 6.70. The Kier molecular flexibility index (Phi) is 5.84. The monoisotopic (exact) mass is 338 g/mol. The molecule has 18 heavy (non-hydrogen) atoms. The lowest BCUT2D eigenvalue weighted by Gasteiger charge is -2.21. The summed E-state index contributed by atoms with van der Waals surface area (Å²) in [6.45, 7) is 3.23. The van der Waals surface area contributed by atoms with Crippen molar-refractivity contribution in [1.82, 2.24) is 9.21 Å². The highest BCUT2D eigenvalue weighted by atomic mass is 79.9. The Labute approximate surface area is 117 Å². The first-order valence-electron chi connectivity index (χ1n) is 5.59. The number of rotatable bonds is 7. The highest BCUT2D eigenvalue weighted by Gasteiger charge is 2.22. The summed E-state index contributed by atoms with van der Waals surface area (Å²) in [5.74, 6) is 1.45. The van der Waals surface area contributed by atoms with Crippen LogP contribution in [0.25, 0.3) is 0 Å². The molecule has 0 spiro atoms. The first-order valence-corrected chi connectivity index (χ1v) is 8.32. The minimum absolute atomic E-state index is 0.0763. The number of hydrogen-bond donors (Lipinski definition) is 0. The highest BCUT2D eigenvalue weighted by molar-refractivity contribution is 9.10. The van der Waals surface area contributed by atoms with Crippen LogP contribution < -0.4 is 0 Å². The van der Waals surface area contributed by atoms with Crippen LogP contribution in [0, 0.1) is 6.92 Å². The van der Waals surface area contributed by atoms with Crippen LogP contribution in [0.2, 0.25) is 0 Å². The normalized spacial score (nSPS) is 12.6. The van der Waals surface area contributed by atoms with Gasteiger partial charge in [-0.25, -0.2) is 8.42 Å². The second-order valence-electron chi connectivity index (χ2n) is 4.37. The van der Waals surface area contributed by atoms with Gasteiger partial charge in [0.05, 0.1) is 6.54 Å². The predicted molar refractivity (Wildman–Crippen MR) is 75.1 cm³/mol. The van der Waals surface area contributed by atoms with E-state index in [4.69, 9.17) is 4.42 Å². The Morgan fingerprint density at radius 3 is 2.39 bits per heavy atom. The van der Waals surface area contributed by atoms with Crippen molar-refractivity contribution in [3.05, 3.63) is 23.7 Å². The van der Waals surface area contributed by atoms with E-state index in [0.29, 0.717) is 18.8 Å². The van der Waals surface area contributed by atoms with Crippen molar-refractivity contribution < 1.29 is 12.8 Å². The maximum Gasteiger partial charge on any atom is 0.224 e. The number of aryl methyl sites for hydroxylation is 1. The van der Waals surface area contributed by atoms with Gasteiger partial charge in [-0.1, -0.05) is 15.9 Å². The zero-order valence-corrected chi connectivity index (χ0v) is 13.3. The van der Waals surface area contributed by atoms with Crippen LogP contribution in [-0.4, -0.2) is 49.5 Å². The molecule has 0 radical (unpaired) electrons. The fourth-order valence-electron chi connectivity index (χ4n) is 1.44. The van der Waals surface area contributed by atoms with Crippen LogP contribution in [0.3, 0.4) is 0 Å². The summed E-state index contributed by atoms with van der Waals surface area (Å²) in [5, 5.41) is 0. The van der Waals surface area contributed by atoms with Gasteiger partial charge in [0.25, 0.3) is 0 Å². The van der Waals surface area contributed by atoms with E-state index in [1.807, 2.05) is 38.1 Å². The standard InChI is InChI=1S/C11H19BrN2O3S/c1-10-4-5-11(17-10)8-14(7-6-13(2)3)18(15,16)9-12/h4-5H,6-9H2,1-3H3. The van der Waals surface area contributed by atoms with Gasteiger partial charge in [0, 0.05) is 13.1 Å². The van der Waals surface area contributed by atoms with Gasteiger partial charge in [0.2, 0.25) is 10.0 Å². The molecule has 1 rings (SSSR count). The zero-order chi connectivity index (χ0) is 13.8. The van der Waals surface area contributed by atoms with E-state index in [1.54, 1.807) is 0 Å². The van der Waals surface area contributed by atoms with Gasteiger partial charge in [-0.05, 0) is 33.2 Å². The van der Waals surface area contributed by atoms with Crippen LogP contribution in [-0.2, 0) is 16.6 Å². The third-order valence-corrected chi connectivity index (χ3v) is 5.57. The molecule has 1 aromatic heterocycles. The molecule has 5 nitrogen and oxygen atoms in total. The van der Waals surface area contributed by atoms with E-state index in [-0.39, 0.29) is 11.2 Å². The van der Waals surface area contributed by atoms with E-state index < -0.39 is 10.0 Å². The molecule has 7 heteroatoms. The van der Waals surface area contributed by atoms with Crippen molar-refractivity contribution in [3.8, 4) is 0 Å². The van der Waals surface area contributed by atoms with E-state index in [0.717, 1.165) is 5.76 Å². The minimum atomic E-state index is -3.28. The smallest absolute Gasteiger partial charge is 0.224 e.